The summed E-state index contributed by atoms with van der Waals surface area (Å²) < 4.78 is 22.7. The molecule has 5 rings (SSSR count). The van der Waals surface area contributed by atoms with Crippen LogP contribution in [0.5, 0.6) is 17.2 Å². The van der Waals surface area contributed by atoms with Gasteiger partial charge in [-0.05, 0) is 48.9 Å². The first-order valence-electron chi connectivity index (χ1n) is 14.9. The minimum Gasteiger partial charge on any atom is -0.496 e. The van der Waals surface area contributed by atoms with Crippen molar-refractivity contribution in [3.63, 3.8) is 0 Å². The predicted octanol–water partition coefficient (Wildman–Crippen LogP) is 4.90. The number of benzene rings is 2. The van der Waals surface area contributed by atoms with Gasteiger partial charge in [-0.1, -0.05) is 31.4 Å². The van der Waals surface area contributed by atoms with Crippen LogP contribution in [0.2, 0.25) is 0 Å². The first kappa shape index (κ1) is 29.0. The van der Waals surface area contributed by atoms with Crippen LogP contribution in [0.25, 0.3) is 0 Å². The number of hydrogen-bond acceptors (Lipinski definition) is 6. The number of carbonyl (C=O) groups excluding carboxylic acids is 2. The molecule has 3 fully saturated rings. The molecule has 9 heteroatoms. The lowest BCUT2D eigenvalue weighted by Crippen LogP contribution is -2.49. The largest absolute Gasteiger partial charge is 0.496 e. The van der Waals surface area contributed by atoms with Gasteiger partial charge in [0, 0.05) is 43.5 Å². The number of nitrogens with zero attached hydrogens (tertiary/aromatic N) is 3. The van der Waals surface area contributed by atoms with E-state index in [0.717, 1.165) is 35.6 Å². The minimum absolute atomic E-state index is 0.0505. The summed E-state index contributed by atoms with van der Waals surface area (Å²) in [6.07, 6.45) is 7.42. The maximum Gasteiger partial charge on any atom is 0.324 e. The van der Waals surface area contributed by atoms with E-state index in [1.54, 1.807) is 14.2 Å². The summed E-state index contributed by atoms with van der Waals surface area (Å²) in [6, 6.07) is 11.5. The molecule has 2 saturated heterocycles. The van der Waals surface area contributed by atoms with E-state index in [-0.39, 0.29) is 11.9 Å². The average Bonchev–Trinajstić information content (AvgIpc) is 3.83. The molecule has 1 aliphatic carbocycles. The van der Waals surface area contributed by atoms with Crippen LogP contribution in [-0.2, 0) is 22.5 Å². The Morgan fingerprint density at radius 2 is 1.73 bits per heavy atom. The lowest BCUT2D eigenvalue weighted by molar-refractivity contribution is -0.134. The van der Waals surface area contributed by atoms with E-state index in [1.165, 1.54) is 25.7 Å². The molecule has 0 spiro atoms. The van der Waals surface area contributed by atoms with Gasteiger partial charge in [-0.15, -0.1) is 0 Å². The third-order valence-electron chi connectivity index (χ3n) is 8.16. The SMILES string of the molecule is COc1cc(CC(=O)N2CCOCC2)ccc1CN1CCCN(c2ccc(OC)c(OCCCCC3CC3)c2)C1=O. The quantitative estimate of drug-likeness (QED) is 0.322. The van der Waals surface area contributed by atoms with Crippen molar-refractivity contribution < 1.29 is 28.5 Å². The van der Waals surface area contributed by atoms with Crippen molar-refractivity contribution >= 4 is 17.6 Å². The van der Waals surface area contributed by atoms with E-state index in [0.29, 0.717) is 76.2 Å². The van der Waals surface area contributed by atoms with Crippen LogP contribution >= 0.6 is 0 Å². The molecule has 3 amide bonds. The van der Waals surface area contributed by atoms with E-state index < -0.39 is 0 Å². The Bertz CT molecular complexity index is 1190. The van der Waals surface area contributed by atoms with Crippen LogP contribution < -0.4 is 19.1 Å². The van der Waals surface area contributed by atoms with Crippen LogP contribution in [0.15, 0.2) is 36.4 Å². The van der Waals surface area contributed by atoms with E-state index in [4.69, 9.17) is 18.9 Å². The Hall–Kier alpha value is -3.46. The molecule has 0 aromatic heterocycles. The number of carbonyl (C=O) groups is 2. The molecule has 2 heterocycles. The maximum absolute atomic E-state index is 13.6. The lowest BCUT2D eigenvalue weighted by Gasteiger charge is -2.36. The molecule has 2 aromatic carbocycles. The Morgan fingerprint density at radius 1 is 0.927 bits per heavy atom. The van der Waals surface area contributed by atoms with Crippen LogP contribution in [-0.4, -0.2) is 82.0 Å². The van der Waals surface area contributed by atoms with Crippen LogP contribution in [0, 0.1) is 5.92 Å². The summed E-state index contributed by atoms with van der Waals surface area (Å²) in [5.41, 5.74) is 2.61. The number of anilines is 1. The Labute approximate surface area is 243 Å². The van der Waals surface area contributed by atoms with Gasteiger partial charge in [0.05, 0.1) is 47.0 Å². The smallest absolute Gasteiger partial charge is 0.324 e. The predicted molar refractivity (Wildman–Crippen MR) is 157 cm³/mol. The monoisotopic (exact) mass is 565 g/mol. The molecular weight excluding hydrogens is 522 g/mol. The highest BCUT2D eigenvalue weighted by atomic mass is 16.5. The van der Waals surface area contributed by atoms with Gasteiger partial charge in [0.2, 0.25) is 5.91 Å². The molecule has 0 radical (unpaired) electrons. The lowest BCUT2D eigenvalue weighted by atomic mass is 10.1. The van der Waals surface area contributed by atoms with E-state index in [9.17, 15) is 9.59 Å². The normalized spacial score (nSPS) is 17.5. The van der Waals surface area contributed by atoms with Crippen molar-refractivity contribution in [1.29, 1.82) is 0 Å². The summed E-state index contributed by atoms with van der Waals surface area (Å²) in [4.78, 5) is 31.8. The highest BCUT2D eigenvalue weighted by Crippen LogP contribution is 2.35. The Balaban J connectivity index is 1.21. The van der Waals surface area contributed by atoms with E-state index in [1.807, 2.05) is 51.1 Å². The Morgan fingerprint density at radius 3 is 2.49 bits per heavy atom. The molecule has 1 saturated carbocycles. The van der Waals surface area contributed by atoms with Gasteiger partial charge in [-0.2, -0.15) is 0 Å². The summed E-state index contributed by atoms with van der Waals surface area (Å²) >= 11 is 0. The fraction of sp³-hybridized carbons (Fsp3) is 0.562. The molecule has 9 nitrogen and oxygen atoms in total. The number of amides is 3. The molecule has 2 aliphatic heterocycles. The van der Waals surface area contributed by atoms with Crippen LogP contribution in [0.4, 0.5) is 10.5 Å². The molecule has 41 heavy (non-hydrogen) atoms. The molecule has 0 atom stereocenters. The van der Waals surface area contributed by atoms with Crippen molar-refractivity contribution in [2.24, 2.45) is 5.92 Å². The molecule has 0 bridgehead atoms. The molecule has 222 valence electrons. The average molecular weight is 566 g/mol. The number of unbranched alkanes of at least 4 members (excludes halogenated alkanes) is 1. The van der Waals surface area contributed by atoms with Gasteiger partial charge in [-0.3, -0.25) is 9.69 Å². The number of urea groups is 1. The summed E-state index contributed by atoms with van der Waals surface area (Å²) in [6.45, 7) is 4.80. The third-order valence-corrected chi connectivity index (χ3v) is 8.16. The van der Waals surface area contributed by atoms with Crippen molar-refractivity contribution in [2.45, 2.75) is 51.5 Å². The van der Waals surface area contributed by atoms with Crippen LogP contribution in [0.1, 0.15) is 49.7 Å². The fourth-order valence-electron chi connectivity index (χ4n) is 5.57. The topological polar surface area (TPSA) is 80.8 Å². The number of hydrogen-bond donors (Lipinski definition) is 0. The fourth-order valence-corrected chi connectivity index (χ4v) is 5.57. The number of rotatable bonds is 13. The van der Waals surface area contributed by atoms with E-state index in [2.05, 4.69) is 0 Å². The zero-order valence-electron chi connectivity index (χ0n) is 24.4. The molecule has 0 unspecified atom stereocenters. The first-order valence-corrected chi connectivity index (χ1v) is 14.9. The maximum atomic E-state index is 13.6. The highest BCUT2D eigenvalue weighted by molar-refractivity contribution is 5.93. The second-order valence-corrected chi connectivity index (χ2v) is 11.1. The van der Waals surface area contributed by atoms with Crippen molar-refractivity contribution in [1.82, 2.24) is 9.80 Å². The number of ether oxygens (including phenoxy) is 4. The zero-order valence-corrected chi connectivity index (χ0v) is 24.4. The number of methoxy groups -OCH3 is 2. The standard InChI is InChI=1S/C32H43N3O6/c1-38-28-12-11-27(22-30(28)41-17-4-3-6-24-7-8-24)35-14-5-13-34(32(35)37)23-26-10-9-25(20-29(26)39-2)21-31(36)33-15-18-40-19-16-33/h9-12,20,22,24H,3-8,13-19,21,23H2,1-2H3. The third kappa shape index (κ3) is 7.64. The van der Waals surface area contributed by atoms with E-state index >= 15 is 0 Å². The van der Waals surface area contributed by atoms with Gasteiger partial charge >= 0.3 is 6.03 Å². The summed E-state index contributed by atoms with van der Waals surface area (Å²) in [5, 5.41) is 0. The second-order valence-electron chi connectivity index (χ2n) is 11.1. The van der Waals surface area contributed by atoms with Gasteiger partial charge in [0.25, 0.3) is 0 Å². The van der Waals surface area contributed by atoms with Gasteiger partial charge < -0.3 is 28.7 Å². The first-order chi connectivity index (χ1) is 20.1. The summed E-state index contributed by atoms with van der Waals surface area (Å²) in [5.74, 6) is 3.05. The van der Waals surface area contributed by atoms with Crippen LogP contribution in [0.3, 0.4) is 0 Å². The van der Waals surface area contributed by atoms with Crippen molar-refractivity contribution in [3.8, 4) is 17.2 Å². The molecule has 3 aliphatic rings. The Kier molecular flexibility index (Phi) is 9.88. The molecular formula is C32H43N3O6. The van der Waals surface area contributed by atoms with Crippen molar-refractivity contribution in [3.05, 3.63) is 47.5 Å². The van der Waals surface area contributed by atoms with Gasteiger partial charge in [0.15, 0.2) is 11.5 Å². The minimum atomic E-state index is -0.0505. The molecule has 0 N–H and O–H groups in total. The van der Waals surface area contributed by atoms with Gasteiger partial charge in [-0.25, -0.2) is 4.79 Å². The van der Waals surface area contributed by atoms with Crippen molar-refractivity contribution in [2.75, 3.05) is 65.1 Å². The highest BCUT2D eigenvalue weighted by Gasteiger charge is 2.28. The van der Waals surface area contributed by atoms with Gasteiger partial charge in [0.1, 0.15) is 5.75 Å². The zero-order chi connectivity index (χ0) is 28.6. The molecule has 2 aromatic rings. The number of morpholine rings is 1. The second kappa shape index (κ2) is 13.9. The summed E-state index contributed by atoms with van der Waals surface area (Å²) in [7, 11) is 3.27.